The zero-order valence-corrected chi connectivity index (χ0v) is 12.4. The van der Waals surface area contributed by atoms with Gasteiger partial charge in [-0.15, -0.1) is 0 Å². The van der Waals surface area contributed by atoms with E-state index >= 15 is 0 Å². The van der Waals surface area contributed by atoms with Crippen LogP contribution in [0.5, 0.6) is 0 Å². The normalized spacial score (nSPS) is 20.9. The van der Waals surface area contributed by atoms with Gasteiger partial charge in [-0.05, 0) is 38.8 Å². The third-order valence-electron chi connectivity index (χ3n) is 3.46. The fourth-order valence-electron chi connectivity index (χ4n) is 2.16. The lowest BCUT2D eigenvalue weighted by atomic mass is 10.1. The Bertz CT molecular complexity index is 391. The van der Waals surface area contributed by atoms with Crippen LogP contribution in [0.3, 0.4) is 0 Å². The predicted octanol–water partition coefficient (Wildman–Crippen LogP) is 0.501. The molecule has 0 radical (unpaired) electrons. The molecule has 2 atom stereocenters. The van der Waals surface area contributed by atoms with Crippen LogP contribution < -0.4 is 4.72 Å². The Labute approximate surface area is 115 Å². The number of likely N-dealkylation sites (tertiary alicyclic amines) is 1. The summed E-state index contributed by atoms with van der Waals surface area (Å²) in [5, 5.41) is 7.31. The summed E-state index contributed by atoms with van der Waals surface area (Å²) >= 11 is 0. The number of piperidine rings is 1. The minimum Gasteiger partial charge on any atom is -0.480 e. The van der Waals surface area contributed by atoms with E-state index in [0.29, 0.717) is 0 Å². The monoisotopic (exact) mass is 292 g/mol. The van der Waals surface area contributed by atoms with Crippen LogP contribution in [0, 0.1) is 5.92 Å². The molecule has 7 heteroatoms. The molecule has 0 bridgehead atoms. The molecule has 2 unspecified atom stereocenters. The van der Waals surface area contributed by atoms with E-state index in [1.807, 2.05) is 6.92 Å². The summed E-state index contributed by atoms with van der Waals surface area (Å²) in [7, 11) is -3.76. The van der Waals surface area contributed by atoms with E-state index in [1.165, 1.54) is 26.2 Å². The van der Waals surface area contributed by atoms with Crippen molar-refractivity contribution >= 4 is 16.0 Å². The van der Waals surface area contributed by atoms with Crippen molar-refractivity contribution in [2.75, 3.05) is 26.2 Å². The quantitative estimate of drug-likeness (QED) is 0.713. The van der Waals surface area contributed by atoms with E-state index in [9.17, 15) is 13.2 Å². The van der Waals surface area contributed by atoms with Crippen LogP contribution in [-0.2, 0) is 14.8 Å². The Morgan fingerprint density at radius 2 is 1.84 bits per heavy atom. The van der Waals surface area contributed by atoms with E-state index < -0.39 is 21.2 Å². The van der Waals surface area contributed by atoms with Gasteiger partial charge in [0.1, 0.15) is 0 Å². The van der Waals surface area contributed by atoms with Gasteiger partial charge < -0.3 is 10.0 Å². The second kappa shape index (κ2) is 7.21. The van der Waals surface area contributed by atoms with Crippen LogP contribution in [0.4, 0.5) is 0 Å². The maximum absolute atomic E-state index is 11.7. The first-order chi connectivity index (χ1) is 8.83. The summed E-state index contributed by atoms with van der Waals surface area (Å²) in [6, 6.07) is 0. The molecule has 6 nitrogen and oxygen atoms in total. The van der Waals surface area contributed by atoms with Crippen LogP contribution in [0.15, 0.2) is 0 Å². The molecule has 0 spiro atoms. The van der Waals surface area contributed by atoms with Gasteiger partial charge in [0, 0.05) is 13.1 Å². The highest BCUT2D eigenvalue weighted by Crippen LogP contribution is 2.11. The maximum atomic E-state index is 11.7. The van der Waals surface area contributed by atoms with E-state index in [0.717, 1.165) is 19.6 Å². The Hall–Kier alpha value is -0.660. The van der Waals surface area contributed by atoms with Crippen LogP contribution in [0.2, 0.25) is 0 Å². The number of carboxylic acids is 1. The SMILES string of the molecule is CC(CNS(=O)(=O)C(C)C(=O)O)CN1CCCCC1. The number of nitrogens with zero attached hydrogens (tertiary/aromatic N) is 1. The second-order valence-corrected chi connectivity index (χ2v) is 7.43. The van der Waals surface area contributed by atoms with Gasteiger partial charge >= 0.3 is 5.97 Å². The Kier molecular flexibility index (Phi) is 6.22. The van der Waals surface area contributed by atoms with Crippen molar-refractivity contribution in [3.63, 3.8) is 0 Å². The summed E-state index contributed by atoms with van der Waals surface area (Å²) in [4.78, 5) is 13.0. The second-order valence-electron chi connectivity index (χ2n) is 5.34. The summed E-state index contributed by atoms with van der Waals surface area (Å²) in [5.41, 5.74) is 0. The first-order valence-electron chi connectivity index (χ1n) is 6.76. The van der Waals surface area contributed by atoms with Gasteiger partial charge in [-0.2, -0.15) is 0 Å². The minimum atomic E-state index is -3.76. The molecule has 0 aromatic carbocycles. The summed E-state index contributed by atoms with van der Waals surface area (Å²) < 4.78 is 25.7. The molecular weight excluding hydrogens is 268 g/mol. The first kappa shape index (κ1) is 16.4. The number of carboxylic acid groups (broad SMARTS) is 1. The number of rotatable bonds is 7. The average molecular weight is 292 g/mol. The number of carbonyl (C=O) groups is 1. The summed E-state index contributed by atoms with van der Waals surface area (Å²) in [5.74, 6) is -1.15. The van der Waals surface area contributed by atoms with E-state index in [2.05, 4.69) is 9.62 Å². The number of sulfonamides is 1. The zero-order chi connectivity index (χ0) is 14.5. The lowest BCUT2D eigenvalue weighted by molar-refractivity contribution is -0.136. The molecule has 0 amide bonds. The van der Waals surface area contributed by atoms with Crippen molar-refractivity contribution < 1.29 is 18.3 Å². The third-order valence-corrected chi connectivity index (χ3v) is 5.17. The minimum absolute atomic E-state index is 0.175. The van der Waals surface area contributed by atoms with Crippen molar-refractivity contribution in [1.29, 1.82) is 0 Å². The van der Waals surface area contributed by atoms with Gasteiger partial charge in [0.15, 0.2) is 5.25 Å². The lowest BCUT2D eigenvalue weighted by Crippen LogP contribution is -2.42. The summed E-state index contributed by atoms with van der Waals surface area (Å²) in [6.07, 6.45) is 3.68. The molecule has 0 aromatic rings. The van der Waals surface area contributed by atoms with Crippen LogP contribution >= 0.6 is 0 Å². The molecule has 1 aliphatic heterocycles. The van der Waals surface area contributed by atoms with Crippen molar-refractivity contribution in [2.24, 2.45) is 5.92 Å². The average Bonchev–Trinajstić information content (AvgIpc) is 2.36. The molecule has 1 heterocycles. The molecule has 2 N–H and O–H groups in total. The number of hydrogen-bond acceptors (Lipinski definition) is 4. The van der Waals surface area contributed by atoms with Crippen LogP contribution in [-0.4, -0.2) is 55.8 Å². The van der Waals surface area contributed by atoms with Crippen LogP contribution in [0.1, 0.15) is 33.1 Å². The van der Waals surface area contributed by atoms with Crippen molar-refractivity contribution in [2.45, 2.75) is 38.4 Å². The highest BCUT2D eigenvalue weighted by Gasteiger charge is 2.27. The lowest BCUT2D eigenvalue weighted by Gasteiger charge is -2.29. The zero-order valence-electron chi connectivity index (χ0n) is 11.6. The standard InChI is InChI=1S/C12H24N2O4S/c1-10(9-14-6-4-3-5-7-14)8-13-19(17,18)11(2)12(15)16/h10-11,13H,3-9H2,1-2H3,(H,15,16). The third kappa shape index (κ3) is 5.46. The molecule has 19 heavy (non-hydrogen) atoms. The maximum Gasteiger partial charge on any atom is 0.323 e. The van der Waals surface area contributed by atoms with Crippen molar-refractivity contribution in [3.05, 3.63) is 0 Å². The van der Waals surface area contributed by atoms with Gasteiger partial charge in [0.2, 0.25) is 10.0 Å². The van der Waals surface area contributed by atoms with Crippen molar-refractivity contribution in [1.82, 2.24) is 9.62 Å². The molecular formula is C12H24N2O4S. The molecule has 1 saturated heterocycles. The molecule has 1 aliphatic rings. The Balaban J connectivity index is 2.36. The molecule has 1 fully saturated rings. The number of aliphatic carboxylic acids is 1. The van der Waals surface area contributed by atoms with Gasteiger partial charge in [-0.1, -0.05) is 13.3 Å². The van der Waals surface area contributed by atoms with Crippen LogP contribution in [0.25, 0.3) is 0 Å². The molecule has 0 aromatic heterocycles. The number of nitrogens with one attached hydrogen (secondary N) is 1. The van der Waals surface area contributed by atoms with Gasteiger partial charge in [-0.3, -0.25) is 4.79 Å². The predicted molar refractivity (Wildman–Crippen MR) is 73.5 cm³/mol. The molecule has 0 aliphatic carbocycles. The molecule has 112 valence electrons. The van der Waals surface area contributed by atoms with Gasteiger partial charge in [0.05, 0.1) is 0 Å². The first-order valence-corrected chi connectivity index (χ1v) is 8.31. The topological polar surface area (TPSA) is 86.7 Å². The van der Waals surface area contributed by atoms with E-state index in [1.54, 1.807) is 0 Å². The van der Waals surface area contributed by atoms with E-state index in [4.69, 9.17) is 5.11 Å². The smallest absolute Gasteiger partial charge is 0.323 e. The molecule has 0 saturated carbocycles. The highest BCUT2D eigenvalue weighted by atomic mass is 32.2. The fourth-order valence-corrected chi connectivity index (χ4v) is 3.20. The molecule has 1 rings (SSSR count). The fraction of sp³-hybridized carbons (Fsp3) is 0.917. The van der Waals surface area contributed by atoms with Gasteiger partial charge in [-0.25, -0.2) is 13.1 Å². The van der Waals surface area contributed by atoms with Crippen molar-refractivity contribution in [3.8, 4) is 0 Å². The number of hydrogen-bond donors (Lipinski definition) is 2. The Morgan fingerprint density at radius 3 is 2.37 bits per heavy atom. The van der Waals surface area contributed by atoms with E-state index in [-0.39, 0.29) is 12.5 Å². The largest absolute Gasteiger partial charge is 0.480 e. The highest BCUT2D eigenvalue weighted by molar-refractivity contribution is 7.90. The van der Waals surface area contributed by atoms with Gasteiger partial charge in [0.25, 0.3) is 0 Å². The Morgan fingerprint density at radius 1 is 1.26 bits per heavy atom. The summed E-state index contributed by atoms with van der Waals surface area (Å²) in [6.45, 7) is 6.44.